The van der Waals surface area contributed by atoms with Gasteiger partial charge in [-0.15, -0.1) is 0 Å². The van der Waals surface area contributed by atoms with Crippen molar-refractivity contribution in [3.63, 3.8) is 0 Å². The smallest absolute Gasteiger partial charge is 0.0286 e. The van der Waals surface area contributed by atoms with Gasteiger partial charge in [0.1, 0.15) is 0 Å². The van der Waals surface area contributed by atoms with Crippen LogP contribution in [0.4, 0.5) is 0 Å². The van der Waals surface area contributed by atoms with Gasteiger partial charge in [0.15, 0.2) is 0 Å². The van der Waals surface area contributed by atoms with Gasteiger partial charge in [0.05, 0.1) is 0 Å². The Labute approximate surface area is 230 Å². The molecular formula is C32H68BrP. The first-order valence-electron chi connectivity index (χ1n) is 15.8. The third-order valence-electron chi connectivity index (χ3n) is 7.94. The third-order valence-corrected chi connectivity index (χ3v) is 9.38. The molecule has 0 saturated carbocycles. The Morgan fingerprint density at radius 1 is 0.412 bits per heavy atom. The van der Waals surface area contributed by atoms with Crippen molar-refractivity contribution < 1.29 is 0 Å². The lowest BCUT2D eigenvalue weighted by molar-refractivity contribution is 0.277. The second-order valence-electron chi connectivity index (χ2n) is 11.2. The van der Waals surface area contributed by atoms with Crippen LogP contribution in [-0.2, 0) is 0 Å². The molecule has 0 aromatic rings. The molecule has 34 heavy (non-hydrogen) atoms. The van der Waals surface area contributed by atoms with E-state index in [1.807, 2.05) is 0 Å². The Kier molecular flexibility index (Phi) is 31.0. The lowest BCUT2D eigenvalue weighted by Crippen LogP contribution is -2.32. The molecule has 0 aromatic carbocycles. The highest BCUT2D eigenvalue weighted by molar-refractivity contribution is 9.10. The fourth-order valence-electron chi connectivity index (χ4n) is 5.58. The van der Waals surface area contributed by atoms with Crippen molar-refractivity contribution >= 4 is 25.8 Å². The molecule has 2 unspecified atom stereocenters. The summed E-state index contributed by atoms with van der Waals surface area (Å²) in [4.78, 5) is 0. The molecule has 0 nitrogen and oxygen atoms in total. The lowest BCUT2D eigenvalue weighted by Gasteiger charge is -2.37. The monoisotopic (exact) mass is 562 g/mol. The summed E-state index contributed by atoms with van der Waals surface area (Å²) in [5.41, 5.74) is 0. The lowest BCUT2D eigenvalue weighted by atomic mass is 9.77. The van der Waals surface area contributed by atoms with Crippen molar-refractivity contribution in [2.45, 2.75) is 199 Å². The third kappa shape index (κ3) is 22.1. The largest absolute Gasteiger partial charge is 0.153 e. The Morgan fingerprint density at radius 3 is 1.03 bits per heavy atom. The van der Waals surface area contributed by atoms with Gasteiger partial charge in [0.2, 0.25) is 0 Å². The average molecular weight is 564 g/mol. The van der Waals surface area contributed by atoms with Crippen molar-refractivity contribution in [1.29, 1.82) is 0 Å². The summed E-state index contributed by atoms with van der Waals surface area (Å²) >= 11 is 4.45. The minimum atomic E-state index is 0. The predicted molar refractivity (Wildman–Crippen MR) is 169 cm³/mol. The first kappa shape index (κ1) is 37.1. The molecule has 0 radical (unpaired) electrons. The second-order valence-corrected chi connectivity index (χ2v) is 12.8. The Morgan fingerprint density at radius 2 is 0.676 bits per heavy atom. The Balaban J connectivity index is 0. The number of halogens is 1. The van der Waals surface area contributed by atoms with E-state index < -0.39 is 0 Å². The van der Waals surface area contributed by atoms with Crippen LogP contribution in [0.3, 0.4) is 0 Å². The minimum absolute atomic E-state index is 0. The molecule has 0 rings (SSSR count). The molecule has 0 N–H and O–H groups in total. The van der Waals surface area contributed by atoms with Crippen LogP contribution in [0.5, 0.6) is 0 Å². The highest BCUT2D eigenvalue weighted by Gasteiger charge is 2.34. The number of hydrogen-bond acceptors (Lipinski definition) is 0. The van der Waals surface area contributed by atoms with Crippen LogP contribution in [0.25, 0.3) is 0 Å². The van der Waals surface area contributed by atoms with E-state index >= 15 is 0 Å². The van der Waals surface area contributed by atoms with Crippen LogP contribution in [0.15, 0.2) is 0 Å². The van der Waals surface area contributed by atoms with Crippen LogP contribution in [0, 0.1) is 5.92 Å². The maximum absolute atomic E-state index is 4.45. The average Bonchev–Trinajstić information content (AvgIpc) is 2.82. The number of rotatable bonds is 27. The molecule has 0 bridgehead atoms. The van der Waals surface area contributed by atoms with Gasteiger partial charge in [-0.25, -0.2) is 0 Å². The Hall–Kier alpha value is 0.910. The highest BCUT2D eigenvalue weighted by Crippen LogP contribution is 2.43. The van der Waals surface area contributed by atoms with E-state index in [0.29, 0.717) is 4.32 Å². The molecule has 0 heterocycles. The van der Waals surface area contributed by atoms with Gasteiger partial charge < -0.3 is 0 Å². The molecule has 0 aliphatic rings. The predicted octanol–water partition coefficient (Wildman–Crippen LogP) is 13.0. The molecule has 208 valence electrons. The Bertz CT molecular complexity index is 358. The van der Waals surface area contributed by atoms with Gasteiger partial charge in [-0.3, -0.25) is 0 Å². The number of hydrogen-bond donors (Lipinski definition) is 0. The molecule has 0 aromatic heterocycles. The maximum Gasteiger partial charge on any atom is 0.0286 e. The highest BCUT2D eigenvalue weighted by atomic mass is 79.9. The van der Waals surface area contributed by atoms with E-state index in [1.165, 1.54) is 167 Å². The SMILES string of the molecule is CCCCCCCCCCCCC(CCCCCC)C(Br)(CCCCCC)CCCCCC.P. The van der Waals surface area contributed by atoms with E-state index in [-0.39, 0.29) is 9.90 Å². The molecule has 0 aliphatic heterocycles. The topological polar surface area (TPSA) is 0 Å². The standard InChI is InChI=1S/C32H65Br.H3P/c1-5-9-13-17-18-19-20-21-22-24-28-31(27-23-14-10-6-2)32(33,29-25-15-11-7-3)30-26-16-12-8-4;/h31H,5-30H2,1-4H3;1H3. The van der Waals surface area contributed by atoms with Gasteiger partial charge in [-0.2, -0.15) is 9.90 Å². The van der Waals surface area contributed by atoms with Crippen molar-refractivity contribution in [2.75, 3.05) is 0 Å². The molecule has 0 amide bonds. The van der Waals surface area contributed by atoms with E-state index in [4.69, 9.17) is 0 Å². The molecule has 2 atom stereocenters. The number of unbranched alkanes of at least 4 members (excludes halogenated alkanes) is 18. The first-order valence-corrected chi connectivity index (χ1v) is 16.6. The van der Waals surface area contributed by atoms with Gasteiger partial charge in [0, 0.05) is 4.32 Å². The van der Waals surface area contributed by atoms with E-state index in [1.54, 1.807) is 0 Å². The summed E-state index contributed by atoms with van der Waals surface area (Å²) < 4.78 is 0.417. The summed E-state index contributed by atoms with van der Waals surface area (Å²) in [5.74, 6) is 0.895. The van der Waals surface area contributed by atoms with Gasteiger partial charge in [-0.1, -0.05) is 185 Å². The summed E-state index contributed by atoms with van der Waals surface area (Å²) in [6.45, 7) is 9.34. The molecule has 0 saturated heterocycles. The zero-order valence-corrected chi connectivity index (χ0v) is 27.5. The molecule has 0 aliphatic carbocycles. The molecular weight excluding hydrogens is 495 g/mol. The van der Waals surface area contributed by atoms with Crippen molar-refractivity contribution in [3.8, 4) is 0 Å². The summed E-state index contributed by atoms with van der Waals surface area (Å²) in [5, 5.41) is 0. The van der Waals surface area contributed by atoms with E-state index in [9.17, 15) is 0 Å². The summed E-state index contributed by atoms with van der Waals surface area (Å²) in [6, 6.07) is 0. The van der Waals surface area contributed by atoms with Crippen molar-refractivity contribution in [1.82, 2.24) is 0 Å². The molecule has 0 fully saturated rings. The zero-order chi connectivity index (χ0) is 24.5. The van der Waals surface area contributed by atoms with Crippen molar-refractivity contribution in [3.05, 3.63) is 0 Å². The quantitative estimate of drug-likeness (QED) is 0.0530. The minimum Gasteiger partial charge on any atom is -0.153 e. The summed E-state index contributed by atoms with van der Waals surface area (Å²) in [6.07, 6.45) is 37.2. The zero-order valence-electron chi connectivity index (χ0n) is 24.5. The van der Waals surface area contributed by atoms with E-state index in [2.05, 4.69) is 43.6 Å². The number of alkyl halides is 1. The normalized spacial score (nSPS) is 12.6. The first-order chi connectivity index (χ1) is 16.1. The van der Waals surface area contributed by atoms with Crippen LogP contribution >= 0.6 is 25.8 Å². The molecule has 0 spiro atoms. The fraction of sp³-hybridized carbons (Fsp3) is 1.00. The second kappa shape index (κ2) is 28.5. The summed E-state index contributed by atoms with van der Waals surface area (Å²) in [7, 11) is 0. The van der Waals surface area contributed by atoms with Crippen LogP contribution in [0.2, 0.25) is 0 Å². The molecule has 2 heteroatoms. The van der Waals surface area contributed by atoms with Gasteiger partial charge >= 0.3 is 0 Å². The van der Waals surface area contributed by atoms with Crippen molar-refractivity contribution in [2.24, 2.45) is 5.92 Å². The fourth-order valence-corrected chi connectivity index (χ4v) is 6.60. The van der Waals surface area contributed by atoms with Crippen LogP contribution in [0.1, 0.15) is 195 Å². The maximum atomic E-state index is 4.45. The van der Waals surface area contributed by atoms with Crippen LogP contribution in [-0.4, -0.2) is 4.32 Å². The van der Waals surface area contributed by atoms with Gasteiger partial charge in [-0.05, 0) is 31.6 Å². The van der Waals surface area contributed by atoms with Gasteiger partial charge in [0.25, 0.3) is 0 Å². The van der Waals surface area contributed by atoms with Crippen LogP contribution < -0.4 is 0 Å². The van der Waals surface area contributed by atoms with E-state index in [0.717, 1.165) is 5.92 Å².